The van der Waals surface area contributed by atoms with Gasteiger partial charge in [-0.05, 0) is 36.8 Å². The fourth-order valence-electron chi connectivity index (χ4n) is 2.46. The Hall–Kier alpha value is -2.39. The predicted octanol–water partition coefficient (Wildman–Crippen LogP) is 4.68. The molecule has 0 fully saturated rings. The van der Waals surface area contributed by atoms with Gasteiger partial charge in [0.1, 0.15) is 5.82 Å². The molecule has 0 atom stereocenters. The van der Waals surface area contributed by atoms with Crippen molar-refractivity contribution in [3.05, 3.63) is 66.0 Å². The molecule has 1 aromatic heterocycles. The Balaban J connectivity index is 1.56. The van der Waals surface area contributed by atoms with Crippen molar-refractivity contribution in [3.8, 4) is 0 Å². The molecule has 2 aromatic carbocycles. The van der Waals surface area contributed by atoms with E-state index in [-0.39, 0.29) is 11.7 Å². The van der Waals surface area contributed by atoms with E-state index in [1.165, 1.54) is 11.8 Å². The van der Waals surface area contributed by atoms with Crippen LogP contribution in [0.15, 0.2) is 64.6 Å². The summed E-state index contributed by atoms with van der Waals surface area (Å²) in [4.78, 5) is 12.7. The molecule has 28 heavy (non-hydrogen) atoms. The number of hydrogen-bond donors (Lipinski definition) is 1. The summed E-state index contributed by atoms with van der Waals surface area (Å²) >= 11 is 1.77. The lowest BCUT2D eigenvalue weighted by molar-refractivity contribution is -0.113. The second-order valence-electron chi connectivity index (χ2n) is 5.84. The van der Waals surface area contributed by atoms with Crippen LogP contribution in [-0.2, 0) is 11.3 Å². The van der Waals surface area contributed by atoms with Gasteiger partial charge in [-0.3, -0.25) is 4.79 Å². The monoisotopic (exact) mass is 420 g/mol. The number of carbonyl (C=O) groups is 1. The van der Waals surface area contributed by atoms with Crippen molar-refractivity contribution < 1.29 is 13.6 Å². The fraction of sp³-hybridized carbons (Fsp3) is 0.211. The zero-order valence-electron chi connectivity index (χ0n) is 15.0. The van der Waals surface area contributed by atoms with Crippen molar-refractivity contribution in [2.24, 2.45) is 0 Å². The van der Waals surface area contributed by atoms with Gasteiger partial charge in [0.25, 0.3) is 5.76 Å². The van der Waals surface area contributed by atoms with E-state index in [1.807, 2.05) is 41.8 Å². The summed E-state index contributed by atoms with van der Waals surface area (Å²) in [6.07, 6.45) is 0. The van der Waals surface area contributed by atoms with Crippen LogP contribution in [0.1, 0.15) is 11.4 Å². The summed E-state index contributed by atoms with van der Waals surface area (Å²) in [6, 6.07) is 16.3. The summed E-state index contributed by atoms with van der Waals surface area (Å²) in [5, 5.41) is 11.7. The Kier molecular flexibility index (Phi) is 7.05. The molecule has 1 amide bonds. The number of benzene rings is 2. The minimum atomic E-state index is -2.46. The molecule has 1 heterocycles. The molecule has 1 N–H and O–H groups in total. The molecule has 0 radical (unpaired) electrons. The highest BCUT2D eigenvalue weighted by Crippen LogP contribution is 2.26. The fourth-order valence-corrected chi connectivity index (χ4v) is 3.75. The van der Waals surface area contributed by atoms with Crippen molar-refractivity contribution in [3.63, 3.8) is 0 Å². The molecule has 0 aliphatic heterocycles. The normalized spacial score (nSPS) is 11.0. The molecule has 3 rings (SSSR count). The minimum absolute atomic E-state index is 0.167. The third kappa shape index (κ3) is 5.80. The zero-order valence-corrected chi connectivity index (χ0v) is 16.6. The van der Waals surface area contributed by atoms with Gasteiger partial charge >= 0.3 is 0 Å². The van der Waals surface area contributed by atoms with Crippen LogP contribution in [0.4, 0.5) is 14.5 Å². The van der Waals surface area contributed by atoms with Crippen molar-refractivity contribution in [1.29, 1.82) is 0 Å². The van der Waals surface area contributed by atoms with Gasteiger partial charge in [-0.1, -0.05) is 53.9 Å². The molecule has 0 unspecified atom stereocenters. The highest BCUT2D eigenvalue weighted by Gasteiger charge is 2.13. The number of hydrogen-bond acceptors (Lipinski definition) is 5. The van der Waals surface area contributed by atoms with Crippen LogP contribution < -0.4 is 5.32 Å². The molecular formula is C19H18F2N4OS2. The Labute approximate surface area is 169 Å². The van der Waals surface area contributed by atoms with Crippen LogP contribution in [0.25, 0.3) is 0 Å². The van der Waals surface area contributed by atoms with Gasteiger partial charge < -0.3 is 9.88 Å². The van der Waals surface area contributed by atoms with E-state index < -0.39 is 5.76 Å². The maximum atomic E-state index is 12.3. The molecular weight excluding hydrogens is 402 g/mol. The topological polar surface area (TPSA) is 59.8 Å². The summed E-state index contributed by atoms with van der Waals surface area (Å²) in [6.45, 7) is 2.51. The van der Waals surface area contributed by atoms with Gasteiger partial charge in [-0.15, -0.1) is 10.2 Å². The number of thioether (sulfide) groups is 2. The maximum Gasteiger partial charge on any atom is 0.288 e. The number of rotatable bonds is 8. The molecule has 0 bridgehead atoms. The predicted molar refractivity (Wildman–Crippen MR) is 108 cm³/mol. The molecule has 5 nitrogen and oxygen atoms in total. The second-order valence-corrected chi connectivity index (χ2v) is 7.85. The van der Waals surface area contributed by atoms with Crippen LogP contribution in [0.2, 0.25) is 0 Å². The molecule has 0 aliphatic carbocycles. The quantitative estimate of drug-likeness (QED) is 0.536. The first-order valence-electron chi connectivity index (χ1n) is 8.42. The number of carbonyl (C=O) groups excluding carboxylic acids is 1. The Morgan fingerprint density at radius 2 is 1.82 bits per heavy atom. The largest absolute Gasteiger partial charge is 0.325 e. The lowest BCUT2D eigenvalue weighted by Crippen LogP contribution is -2.14. The third-order valence-corrected chi connectivity index (χ3v) is 5.47. The number of nitrogens with zero attached hydrogens (tertiary/aromatic N) is 3. The molecule has 0 spiro atoms. The lowest BCUT2D eigenvalue weighted by atomic mass is 10.2. The summed E-state index contributed by atoms with van der Waals surface area (Å²) < 4.78 is 26.6. The zero-order chi connectivity index (χ0) is 19.9. The average Bonchev–Trinajstić information content (AvgIpc) is 3.02. The van der Waals surface area contributed by atoms with Gasteiger partial charge in [-0.2, -0.15) is 8.78 Å². The third-order valence-electron chi connectivity index (χ3n) is 3.78. The van der Waals surface area contributed by atoms with Crippen LogP contribution in [0, 0.1) is 6.92 Å². The summed E-state index contributed by atoms with van der Waals surface area (Å²) in [5.74, 6) is -1.72. The van der Waals surface area contributed by atoms with E-state index >= 15 is 0 Å². The maximum absolute atomic E-state index is 12.3. The van der Waals surface area contributed by atoms with Gasteiger partial charge in [0, 0.05) is 10.6 Å². The van der Waals surface area contributed by atoms with Gasteiger partial charge in [0.05, 0.1) is 12.3 Å². The van der Waals surface area contributed by atoms with Crippen LogP contribution in [0.5, 0.6) is 0 Å². The molecule has 0 aliphatic rings. The Morgan fingerprint density at radius 1 is 1.11 bits per heavy atom. The average molecular weight is 421 g/mol. The molecule has 9 heteroatoms. The van der Waals surface area contributed by atoms with E-state index in [1.54, 1.807) is 24.3 Å². The van der Waals surface area contributed by atoms with Crippen molar-refractivity contribution in [2.75, 3.05) is 11.1 Å². The van der Waals surface area contributed by atoms with Crippen LogP contribution in [-0.4, -0.2) is 32.2 Å². The van der Waals surface area contributed by atoms with Crippen LogP contribution >= 0.6 is 23.5 Å². The molecule has 0 saturated heterocycles. The highest BCUT2D eigenvalue weighted by molar-refractivity contribution is 8.00. The number of nitrogens with one attached hydrogen (secondary N) is 1. The number of amides is 1. The van der Waals surface area contributed by atoms with Gasteiger partial charge in [-0.25, -0.2) is 0 Å². The number of aromatic nitrogens is 3. The first-order valence-corrected chi connectivity index (χ1v) is 10.3. The summed E-state index contributed by atoms with van der Waals surface area (Å²) in [5.41, 5.74) is 1.68. The first kappa shape index (κ1) is 20.3. The smallest absolute Gasteiger partial charge is 0.288 e. The second kappa shape index (κ2) is 9.70. The van der Waals surface area contributed by atoms with Crippen molar-refractivity contribution in [2.45, 2.75) is 29.3 Å². The highest BCUT2D eigenvalue weighted by atomic mass is 32.2. The number of aryl methyl sites for hydroxylation is 1. The van der Waals surface area contributed by atoms with Crippen molar-refractivity contribution in [1.82, 2.24) is 14.8 Å². The molecule has 0 saturated carbocycles. The van der Waals surface area contributed by atoms with Gasteiger partial charge in [0.15, 0.2) is 5.16 Å². The van der Waals surface area contributed by atoms with E-state index in [2.05, 4.69) is 15.5 Å². The molecule has 146 valence electrons. The van der Waals surface area contributed by atoms with E-state index in [0.717, 1.165) is 11.4 Å². The van der Waals surface area contributed by atoms with Gasteiger partial charge in [0.2, 0.25) is 5.91 Å². The standard InChI is InChI=1S/C19H18F2N4OS2/c1-13-23-24-19(25(13)11-14-5-3-2-4-6-14)27-12-17(26)22-15-7-9-16(10-8-15)28-18(20)21/h2-10,18H,11-12H2,1H3,(H,22,26). The first-order chi connectivity index (χ1) is 13.5. The SMILES string of the molecule is Cc1nnc(SCC(=O)Nc2ccc(SC(F)F)cc2)n1Cc1ccccc1. The number of halogens is 2. The number of alkyl halides is 2. The Bertz CT molecular complexity index is 917. The summed E-state index contributed by atoms with van der Waals surface area (Å²) in [7, 11) is 0. The van der Waals surface area contributed by atoms with E-state index in [9.17, 15) is 13.6 Å². The van der Waals surface area contributed by atoms with Crippen LogP contribution in [0.3, 0.4) is 0 Å². The van der Waals surface area contributed by atoms with Crippen molar-refractivity contribution >= 4 is 35.1 Å². The molecule has 3 aromatic rings. The lowest BCUT2D eigenvalue weighted by Gasteiger charge is -2.09. The van der Waals surface area contributed by atoms with E-state index in [4.69, 9.17) is 0 Å². The van der Waals surface area contributed by atoms with E-state index in [0.29, 0.717) is 34.0 Å². The number of anilines is 1. The Morgan fingerprint density at radius 3 is 2.50 bits per heavy atom. The minimum Gasteiger partial charge on any atom is -0.325 e.